The van der Waals surface area contributed by atoms with Gasteiger partial charge in [-0.2, -0.15) is 4.98 Å². The Kier molecular flexibility index (Phi) is 7.44. The fourth-order valence-corrected chi connectivity index (χ4v) is 3.90. The molecule has 0 spiro atoms. The standard InChI is InChI=1S/C25H24ClN7O4/c1-4-20(34)30-16-8-14(7-15(26)9-16)13-29-25-32-23(21(22(27)35)24-28-5-6-33(24)25)31-17-10-18(36-2)12-19(11-17)37-3/h4-12,31H,1,13H2,2-3H3,(H2,27,35)(H,29,32)(H,30,34). The third kappa shape index (κ3) is 5.73. The Morgan fingerprint density at radius 1 is 1.11 bits per heavy atom. The Hall–Kier alpha value is -4.77. The zero-order valence-corrected chi connectivity index (χ0v) is 20.8. The first-order chi connectivity index (χ1) is 17.8. The summed E-state index contributed by atoms with van der Waals surface area (Å²) in [5.41, 5.74) is 7.98. The van der Waals surface area contributed by atoms with E-state index in [0.29, 0.717) is 46.0 Å². The summed E-state index contributed by atoms with van der Waals surface area (Å²) in [4.78, 5) is 33.0. The van der Waals surface area contributed by atoms with Gasteiger partial charge in [0.15, 0.2) is 11.5 Å². The van der Waals surface area contributed by atoms with Crippen molar-refractivity contribution in [1.29, 1.82) is 0 Å². The lowest BCUT2D eigenvalue weighted by atomic mass is 10.2. The van der Waals surface area contributed by atoms with Crippen molar-refractivity contribution < 1.29 is 19.1 Å². The number of carbonyl (C=O) groups is 2. The zero-order chi connectivity index (χ0) is 26.5. The molecule has 11 nitrogen and oxygen atoms in total. The number of nitrogens with one attached hydrogen (secondary N) is 3. The van der Waals surface area contributed by atoms with Crippen LogP contribution in [0.1, 0.15) is 15.9 Å². The van der Waals surface area contributed by atoms with Crippen molar-refractivity contribution in [3.63, 3.8) is 0 Å². The van der Waals surface area contributed by atoms with E-state index < -0.39 is 5.91 Å². The molecule has 12 heteroatoms. The molecule has 4 aromatic rings. The van der Waals surface area contributed by atoms with E-state index in [-0.39, 0.29) is 17.3 Å². The second-order valence-electron chi connectivity index (χ2n) is 7.77. The smallest absolute Gasteiger partial charge is 0.256 e. The average molecular weight is 522 g/mol. The number of nitrogens with zero attached hydrogens (tertiary/aromatic N) is 3. The maximum atomic E-state index is 12.4. The highest BCUT2D eigenvalue weighted by molar-refractivity contribution is 6.31. The van der Waals surface area contributed by atoms with Crippen LogP contribution < -0.4 is 31.2 Å². The van der Waals surface area contributed by atoms with Crippen LogP contribution in [0.15, 0.2) is 61.4 Å². The summed E-state index contributed by atoms with van der Waals surface area (Å²) >= 11 is 6.24. The lowest BCUT2D eigenvalue weighted by Gasteiger charge is -2.16. The molecule has 0 fully saturated rings. The van der Waals surface area contributed by atoms with Gasteiger partial charge in [0.2, 0.25) is 11.9 Å². The number of amides is 2. The number of carbonyl (C=O) groups excluding carboxylic acids is 2. The van der Waals surface area contributed by atoms with Gasteiger partial charge < -0.3 is 31.2 Å². The molecule has 0 aliphatic heterocycles. The van der Waals surface area contributed by atoms with E-state index in [2.05, 4.69) is 32.5 Å². The molecule has 0 atom stereocenters. The molecule has 0 aliphatic carbocycles. The number of rotatable bonds is 10. The monoisotopic (exact) mass is 521 g/mol. The summed E-state index contributed by atoms with van der Waals surface area (Å²) in [6.07, 6.45) is 4.36. The van der Waals surface area contributed by atoms with Gasteiger partial charge in [-0.3, -0.25) is 14.0 Å². The quantitative estimate of drug-likeness (QED) is 0.229. The number of hydrogen-bond acceptors (Lipinski definition) is 8. The van der Waals surface area contributed by atoms with Crippen LogP contribution in [0.25, 0.3) is 5.65 Å². The molecule has 0 aliphatic rings. The molecule has 2 aromatic carbocycles. The van der Waals surface area contributed by atoms with Crippen molar-refractivity contribution in [2.75, 3.05) is 30.2 Å². The number of hydrogen-bond donors (Lipinski definition) is 4. The molecule has 0 bridgehead atoms. The molecule has 190 valence electrons. The highest BCUT2D eigenvalue weighted by atomic mass is 35.5. The van der Waals surface area contributed by atoms with Crippen LogP contribution in [-0.2, 0) is 11.3 Å². The minimum absolute atomic E-state index is 0.106. The fourth-order valence-electron chi connectivity index (χ4n) is 3.64. The van der Waals surface area contributed by atoms with Gasteiger partial charge in [-0.1, -0.05) is 18.2 Å². The zero-order valence-electron chi connectivity index (χ0n) is 20.0. The van der Waals surface area contributed by atoms with Crippen LogP contribution in [0.4, 0.5) is 23.1 Å². The third-order valence-corrected chi connectivity index (χ3v) is 5.49. The minimum Gasteiger partial charge on any atom is -0.497 e. The number of imidazole rings is 1. The molecule has 0 radical (unpaired) electrons. The molecule has 0 unspecified atom stereocenters. The molecule has 0 saturated heterocycles. The first-order valence-corrected chi connectivity index (χ1v) is 11.3. The van der Waals surface area contributed by atoms with Crippen LogP contribution in [0.3, 0.4) is 0 Å². The second kappa shape index (κ2) is 10.9. The largest absolute Gasteiger partial charge is 0.497 e. The second-order valence-corrected chi connectivity index (χ2v) is 8.20. The van der Waals surface area contributed by atoms with E-state index in [0.717, 1.165) is 5.56 Å². The van der Waals surface area contributed by atoms with Crippen LogP contribution in [0.5, 0.6) is 11.5 Å². The SMILES string of the molecule is C=CC(=O)Nc1cc(Cl)cc(CNc2nc(Nc3cc(OC)cc(OC)c3)c(C(N)=O)c3nccn23)c1. The Balaban J connectivity index is 1.71. The molecule has 5 N–H and O–H groups in total. The van der Waals surface area contributed by atoms with Gasteiger partial charge in [0.25, 0.3) is 5.91 Å². The van der Waals surface area contributed by atoms with Gasteiger partial charge in [0.05, 0.1) is 14.2 Å². The Bertz CT molecular complexity index is 1480. The summed E-state index contributed by atoms with van der Waals surface area (Å²) in [5.74, 6) is 0.603. The van der Waals surface area contributed by atoms with Crippen molar-refractivity contribution >= 4 is 52.2 Å². The first-order valence-electron chi connectivity index (χ1n) is 10.9. The van der Waals surface area contributed by atoms with Gasteiger partial charge in [0, 0.05) is 53.5 Å². The van der Waals surface area contributed by atoms with Gasteiger partial charge >= 0.3 is 0 Å². The average Bonchev–Trinajstić information content (AvgIpc) is 3.36. The lowest BCUT2D eigenvalue weighted by molar-refractivity contribution is -0.111. The molecule has 0 saturated carbocycles. The number of nitrogens with two attached hydrogens (primary N) is 1. The van der Waals surface area contributed by atoms with Gasteiger partial charge in [-0.05, 0) is 29.8 Å². The normalized spacial score (nSPS) is 10.6. The van der Waals surface area contributed by atoms with Crippen LogP contribution in [0.2, 0.25) is 5.02 Å². The molecule has 2 amide bonds. The number of methoxy groups -OCH3 is 2. The van der Waals surface area contributed by atoms with Gasteiger partial charge in [0.1, 0.15) is 17.1 Å². The number of ether oxygens (including phenoxy) is 2. The highest BCUT2D eigenvalue weighted by Gasteiger charge is 2.20. The van der Waals surface area contributed by atoms with Crippen molar-refractivity contribution in [3.8, 4) is 11.5 Å². The van der Waals surface area contributed by atoms with Crippen molar-refractivity contribution in [3.05, 3.63) is 77.6 Å². The predicted molar refractivity (Wildman–Crippen MR) is 142 cm³/mol. The summed E-state index contributed by atoms with van der Waals surface area (Å²) < 4.78 is 12.3. The summed E-state index contributed by atoms with van der Waals surface area (Å²) in [6, 6.07) is 10.3. The number of anilines is 4. The van der Waals surface area contributed by atoms with Gasteiger partial charge in [-0.25, -0.2) is 4.98 Å². The Morgan fingerprint density at radius 2 is 1.84 bits per heavy atom. The molecular formula is C25H24ClN7O4. The number of halogens is 1. The van der Waals surface area contributed by atoms with Crippen molar-refractivity contribution in [2.24, 2.45) is 5.73 Å². The van der Waals surface area contributed by atoms with E-state index in [1.807, 2.05) is 0 Å². The molecule has 37 heavy (non-hydrogen) atoms. The Morgan fingerprint density at radius 3 is 2.49 bits per heavy atom. The topological polar surface area (TPSA) is 145 Å². The molecular weight excluding hydrogens is 498 g/mol. The third-order valence-electron chi connectivity index (χ3n) is 5.27. The highest BCUT2D eigenvalue weighted by Crippen LogP contribution is 2.30. The first kappa shape index (κ1) is 25.3. The van der Waals surface area contributed by atoms with E-state index >= 15 is 0 Å². The van der Waals surface area contributed by atoms with Crippen LogP contribution in [0, 0.1) is 0 Å². The van der Waals surface area contributed by atoms with E-state index in [1.54, 1.807) is 47.0 Å². The minimum atomic E-state index is -0.704. The van der Waals surface area contributed by atoms with Crippen molar-refractivity contribution in [2.45, 2.75) is 6.54 Å². The lowest BCUT2D eigenvalue weighted by Crippen LogP contribution is -2.18. The van der Waals surface area contributed by atoms with Crippen LogP contribution >= 0.6 is 11.6 Å². The fraction of sp³-hybridized carbons (Fsp3) is 0.120. The summed E-state index contributed by atoms with van der Waals surface area (Å²) in [5, 5.41) is 9.49. The molecule has 4 rings (SSSR count). The number of benzene rings is 2. The Labute approximate surface area is 217 Å². The number of fused-ring (bicyclic) bond motifs is 1. The summed E-state index contributed by atoms with van der Waals surface area (Å²) in [7, 11) is 3.07. The van der Waals surface area contributed by atoms with E-state index in [1.165, 1.54) is 26.5 Å². The maximum absolute atomic E-state index is 12.4. The van der Waals surface area contributed by atoms with Crippen LogP contribution in [-0.4, -0.2) is 40.4 Å². The van der Waals surface area contributed by atoms with Crippen molar-refractivity contribution in [1.82, 2.24) is 14.4 Å². The summed E-state index contributed by atoms with van der Waals surface area (Å²) in [6.45, 7) is 3.74. The predicted octanol–water partition coefficient (Wildman–Crippen LogP) is 3.98. The van der Waals surface area contributed by atoms with E-state index in [9.17, 15) is 9.59 Å². The maximum Gasteiger partial charge on any atom is 0.256 e. The number of aromatic nitrogens is 3. The van der Waals surface area contributed by atoms with E-state index in [4.69, 9.17) is 26.8 Å². The molecule has 2 aromatic heterocycles. The number of primary amides is 1. The molecule has 2 heterocycles. The van der Waals surface area contributed by atoms with Gasteiger partial charge in [-0.15, -0.1) is 0 Å².